The van der Waals surface area contributed by atoms with Crippen LogP contribution in [0.4, 0.5) is 0 Å². The van der Waals surface area contributed by atoms with Crippen LogP contribution in [0.25, 0.3) is 0 Å². The SMILES string of the molecule is Cc1nc(C2CCCCN2C(=O)c2cn(C)cn2)no1. The Morgan fingerprint density at radius 3 is 2.95 bits per heavy atom. The van der Waals surface area contributed by atoms with E-state index >= 15 is 0 Å². The summed E-state index contributed by atoms with van der Waals surface area (Å²) in [6.07, 6.45) is 6.27. The number of imidazole rings is 1. The van der Waals surface area contributed by atoms with Gasteiger partial charge in [0.05, 0.1) is 12.4 Å². The zero-order chi connectivity index (χ0) is 14.1. The lowest BCUT2D eigenvalue weighted by molar-refractivity contribution is 0.0591. The van der Waals surface area contributed by atoms with Crippen molar-refractivity contribution >= 4 is 5.91 Å². The Bertz CT molecular complexity index is 618. The van der Waals surface area contributed by atoms with Gasteiger partial charge in [-0.05, 0) is 19.3 Å². The first kappa shape index (κ1) is 12.8. The topological polar surface area (TPSA) is 77.1 Å². The van der Waals surface area contributed by atoms with Crippen molar-refractivity contribution in [3.05, 3.63) is 29.9 Å². The summed E-state index contributed by atoms with van der Waals surface area (Å²) < 4.78 is 6.81. The van der Waals surface area contributed by atoms with Gasteiger partial charge in [0, 0.05) is 26.7 Å². The minimum atomic E-state index is -0.115. The lowest BCUT2D eigenvalue weighted by Crippen LogP contribution is -2.39. The number of carbonyl (C=O) groups excluding carboxylic acids is 1. The maximum Gasteiger partial charge on any atom is 0.274 e. The molecule has 0 aliphatic carbocycles. The van der Waals surface area contributed by atoms with Crippen LogP contribution in [0, 0.1) is 6.92 Å². The van der Waals surface area contributed by atoms with Gasteiger partial charge >= 0.3 is 0 Å². The predicted octanol–water partition coefficient (Wildman–Crippen LogP) is 1.48. The number of nitrogens with zero attached hydrogens (tertiary/aromatic N) is 5. The zero-order valence-electron chi connectivity index (χ0n) is 11.6. The molecule has 1 fully saturated rings. The van der Waals surface area contributed by atoms with Gasteiger partial charge in [-0.25, -0.2) is 4.98 Å². The maximum absolute atomic E-state index is 12.6. The average molecular weight is 275 g/mol. The molecule has 3 rings (SSSR count). The molecule has 20 heavy (non-hydrogen) atoms. The highest BCUT2D eigenvalue weighted by atomic mass is 16.5. The third-order valence-corrected chi connectivity index (χ3v) is 3.53. The Morgan fingerprint density at radius 2 is 2.30 bits per heavy atom. The van der Waals surface area contributed by atoms with Crippen LogP contribution in [0.2, 0.25) is 0 Å². The van der Waals surface area contributed by atoms with Gasteiger partial charge in [-0.1, -0.05) is 5.16 Å². The van der Waals surface area contributed by atoms with Crippen molar-refractivity contribution in [2.24, 2.45) is 7.05 Å². The normalized spacial score (nSPS) is 19.3. The molecule has 0 spiro atoms. The van der Waals surface area contributed by atoms with Crippen LogP contribution in [-0.4, -0.2) is 37.0 Å². The van der Waals surface area contributed by atoms with Crippen molar-refractivity contribution < 1.29 is 9.32 Å². The summed E-state index contributed by atoms with van der Waals surface area (Å²) in [5.74, 6) is 1.04. The minimum absolute atomic E-state index is 0.0715. The van der Waals surface area contributed by atoms with E-state index in [1.165, 1.54) is 0 Å². The Hall–Kier alpha value is -2.18. The van der Waals surface area contributed by atoms with Gasteiger partial charge in [-0.15, -0.1) is 0 Å². The van der Waals surface area contributed by atoms with Crippen LogP contribution in [-0.2, 0) is 7.05 Å². The fourth-order valence-electron chi connectivity index (χ4n) is 2.56. The largest absolute Gasteiger partial charge is 0.340 e. The molecule has 0 N–H and O–H groups in total. The second-order valence-electron chi connectivity index (χ2n) is 5.11. The molecule has 7 heteroatoms. The molecule has 106 valence electrons. The van der Waals surface area contributed by atoms with Crippen molar-refractivity contribution in [1.29, 1.82) is 0 Å². The molecule has 2 aromatic rings. The Labute approximate surface area is 116 Å². The lowest BCUT2D eigenvalue weighted by atomic mass is 10.0. The molecule has 0 bridgehead atoms. The molecule has 1 aliphatic rings. The molecular weight excluding hydrogens is 258 g/mol. The first-order chi connectivity index (χ1) is 9.65. The number of aromatic nitrogens is 4. The average Bonchev–Trinajstić information content (AvgIpc) is 3.07. The maximum atomic E-state index is 12.6. The summed E-state index contributed by atoms with van der Waals surface area (Å²) in [6, 6.07) is -0.115. The molecular formula is C13H17N5O2. The standard InChI is InChI=1S/C13H17N5O2/c1-9-15-12(16-20-9)11-5-3-4-6-18(11)13(19)10-7-17(2)8-14-10/h7-8,11H,3-6H2,1-2H3. The summed E-state index contributed by atoms with van der Waals surface area (Å²) in [7, 11) is 1.85. The highest BCUT2D eigenvalue weighted by Gasteiger charge is 2.32. The summed E-state index contributed by atoms with van der Waals surface area (Å²) in [4.78, 5) is 22.8. The number of aryl methyl sites for hydroxylation is 2. The van der Waals surface area contributed by atoms with E-state index in [1.54, 1.807) is 28.9 Å². The number of amides is 1. The monoisotopic (exact) mass is 275 g/mol. The molecule has 0 aromatic carbocycles. The third kappa shape index (κ3) is 2.31. The summed E-state index contributed by atoms with van der Waals surface area (Å²) in [5.41, 5.74) is 0.458. The van der Waals surface area contributed by atoms with Gasteiger partial charge in [-0.3, -0.25) is 4.79 Å². The van der Waals surface area contributed by atoms with Crippen LogP contribution in [0.15, 0.2) is 17.0 Å². The Balaban J connectivity index is 1.87. The van der Waals surface area contributed by atoms with Crippen LogP contribution >= 0.6 is 0 Å². The van der Waals surface area contributed by atoms with E-state index in [-0.39, 0.29) is 11.9 Å². The van der Waals surface area contributed by atoms with Crippen molar-refractivity contribution in [3.8, 4) is 0 Å². The van der Waals surface area contributed by atoms with Gasteiger partial charge in [0.25, 0.3) is 5.91 Å². The molecule has 0 radical (unpaired) electrons. The molecule has 1 saturated heterocycles. The Morgan fingerprint density at radius 1 is 1.45 bits per heavy atom. The van der Waals surface area contributed by atoms with Crippen LogP contribution in [0.3, 0.4) is 0 Å². The van der Waals surface area contributed by atoms with Crippen LogP contribution in [0.5, 0.6) is 0 Å². The number of hydrogen-bond donors (Lipinski definition) is 0. The molecule has 7 nitrogen and oxygen atoms in total. The van der Waals surface area contributed by atoms with E-state index in [2.05, 4.69) is 15.1 Å². The van der Waals surface area contributed by atoms with Gasteiger partial charge in [-0.2, -0.15) is 4.98 Å². The smallest absolute Gasteiger partial charge is 0.274 e. The number of likely N-dealkylation sites (tertiary alicyclic amines) is 1. The van der Waals surface area contributed by atoms with Gasteiger partial charge in [0.1, 0.15) is 5.69 Å². The summed E-state index contributed by atoms with van der Waals surface area (Å²) >= 11 is 0. The number of hydrogen-bond acceptors (Lipinski definition) is 5. The van der Waals surface area contributed by atoms with Gasteiger partial charge in [0.15, 0.2) is 5.82 Å². The Kier molecular flexibility index (Phi) is 3.25. The highest BCUT2D eigenvalue weighted by molar-refractivity contribution is 5.92. The second kappa shape index (κ2) is 5.07. The number of piperidine rings is 1. The zero-order valence-corrected chi connectivity index (χ0v) is 11.6. The first-order valence-electron chi connectivity index (χ1n) is 6.74. The van der Waals surface area contributed by atoms with E-state index in [9.17, 15) is 4.79 Å². The fourth-order valence-corrected chi connectivity index (χ4v) is 2.56. The van der Waals surface area contributed by atoms with Crippen molar-refractivity contribution in [3.63, 3.8) is 0 Å². The quantitative estimate of drug-likeness (QED) is 0.829. The van der Waals surface area contributed by atoms with Crippen molar-refractivity contribution in [1.82, 2.24) is 24.6 Å². The van der Waals surface area contributed by atoms with Gasteiger partial charge < -0.3 is 14.0 Å². The van der Waals surface area contributed by atoms with E-state index in [4.69, 9.17) is 4.52 Å². The summed E-state index contributed by atoms with van der Waals surface area (Å²) in [5, 5.41) is 3.97. The molecule has 3 heterocycles. The summed E-state index contributed by atoms with van der Waals surface area (Å²) in [6.45, 7) is 2.46. The number of carbonyl (C=O) groups is 1. The van der Waals surface area contributed by atoms with Crippen LogP contribution < -0.4 is 0 Å². The number of rotatable bonds is 2. The molecule has 1 aliphatic heterocycles. The van der Waals surface area contributed by atoms with E-state index in [1.807, 2.05) is 7.05 Å². The van der Waals surface area contributed by atoms with Gasteiger partial charge in [0.2, 0.25) is 5.89 Å². The van der Waals surface area contributed by atoms with Crippen molar-refractivity contribution in [2.75, 3.05) is 6.54 Å². The van der Waals surface area contributed by atoms with Crippen LogP contribution in [0.1, 0.15) is 47.5 Å². The highest BCUT2D eigenvalue weighted by Crippen LogP contribution is 2.30. The molecule has 2 aromatic heterocycles. The first-order valence-corrected chi connectivity index (χ1v) is 6.74. The third-order valence-electron chi connectivity index (χ3n) is 3.53. The lowest BCUT2D eigenvalue weighted by Gasteiger charge is -2.33. The van der Waals surface area contributed by atoms with E-state index < -0.39 is 0 Å². The molecule has 0 saturated carbocycles. The minimum Gasteiger partial charge on any atom is -0.340 e. The fraction of sp³-hybridized carbons (Fsp3) is 0.538. The van der Waals surface area contributed by atoms with E-state index in [0.29, 0.717) is 24.0 Å². The van der Waals surface area contributed by atoms with Crippen molar-refractivity contribution in [2.45, 2.75) is 32.2 Å². The second-order valence-corrected chi connectivity index (χ2v) is 5.11. The predicted molar refractivity (Wildman–Crippen MR) is 69.9 cm³/mol. The molecule has 1 amide bonds. The van der Waals surface area contributed by atoms with E-state index in [0.717, 1.165) is 19.3 Å². The molecule has 1 atom stereocenters. The molecule has 1 unspecified atom stereocenters.